The van der Waals surface area contributed by atoms with Gasteiger partial charge >= 0.3 is 5.97 Å². The van der Waals surface area contributed by atoms with Gasteiger partial charge in [-0.05, 0) is 50.3 Å². The van der Waals surface area contributed by atoms with Crippen LogP contribution < -0.4 is 16.2 Å². The van der Waals surface area contributed by atoms with Crippen molar-refractivity contribution in [3.05, 3.63) is 46.3 Å². The van der Waals surface area contributed by atoms with Crippen molar-refractivity contribution in [2.45, 2.75) is 39.0 Å². The zero-order valence-electron chi connectivity index (χ0n) is 18.0. The minimum Gasteiger partial charge on any atom is -0.462 e. The summed E-state index contributed by atoms with van der Waals surface area (Å²) in [5, 5.41) is 12.9. The van der Waals surface area contributed by atoms with Crippen LogP contribution in [-0.4, -0.2) is 36.1 Å². The summed E-state index contributed by atoms with van der Waals surface area (Å²) in [7, 11) is 0. The Hall–Kier alpha value is -2.69. The van der Waals surface area contributed by atoms with E-state index in [-0.39, 0.29) is 18.3 Å². The lowest BCUT2D eigenvalue weighted by molar-refractivity contribution is -0.115. The smallest absolute Gasteiger partial charge is 0.341 e. The minimum atomic E-state index is -0.371. The number of benzene rings is 1. The molecule has 1 amide bonds. The molecule has 0 saturated carbocycles. The molecular formula is C22H27N5O3S2. The van der Waals surface area contributed by atoms with E-state index in [2.05, 4.69) is 22.2 Å². The van der Waals surface area contributed by atoms with Gasteiger partial charge in [-0.2, -0.15) is 5.10 Å². The van der Waals surface area contributed by atoms with Crippen molar-refractivity contribution >= 4 is 57.5 Å². The van der Waals surface area contributed by atoms with Gasteiger partial charge in [0.15, 0.2) is 0 Å². The van der Waals surface area contributed by atoms with E-state index in [0.29, 0.717) is 28.1 Å². The SMILES string of the molecule is C=N/N=C(/SCCC(=O)Nc1sc2c(c1C(=O)OCC)CCCC2)N(N)c1ccccc1. The number of nitrogens with zero attached hydrogens (tertiary/aromatic N) is 3. The number of aryl methyl sites for hydroxylation is 1. The molecule has 1 aliphatic carbocycles. The second kappa shape index (κ2) is 11.8. The Morgan fingerprint density at radius 2 is 2.03 bits per heavy atom. The van der Waals surface area contributed by atoms with E-state index < -0.39 is 0 Å². The third-order valence-electron chi connectivity index (χ3n) is 4.86. The molecule has 0 spiro atoms. The molecule has 1 aromatic heterocycles. The number of esters is 1. The second-order valence-electron chi connectivity index (χ2n) is 7.01. The first-order chi connectivity index (χ1) is 15.5. The molecule has 10 heteroatoms. The van der Waals surface area contributed by atoms with E-state index >= 15 is 0 Å². The molecule has 8 nitrogen and oxygen atoms in total. The maximum Gasteiger partial charge on any atom is 0.341 e. The summed E-state index contributed by atoms with van der Waals surface area (Å²) in [4.78, 5) is 26.4. The van der Waals surface area contributed by atoms with Crippen LogP contribution in [0.15, 0.2) is 40.5 Å². The van der Waals surface area contributed by atoms with Gasteiger partial charge in [0.2, 0.25) is 11.1 Å². The fourth-order valence-electron chi connectivity index (χ4n) is 3.40. The lowest BCUT2D eigenvalue weighted by Crippen LogP contribution is -2.35. The van der Waals surface area contributed by atoms with Gasteiger partial charge in [-0.3, -0.25) is 9.80 Å². The third kappa shape index (κ3) is 5.96. The number of anilines is 2. The number of carbonyl (C=O) groups excluding carboxylic acids is 2. The largest absolute Gasteiger partial charge is 0.462 e. The number of amides is 1. The molecule has 1 aromatic carbocycles. The Kier molecular flexibility index (Phi) is 8.83. The van der Waals surface area contributed by atoms with Gasteiger partial charge < -0.3 is 10.1 Å². The predicted molar refractivity (Wildman–Crippen MR) is 133 cm³/mol. The summed E-state index contributed by atoms with van der Waals surface area (Å²) in [6, 6.07) is 9.33. The van der Waals surface area contributed by atoms with Crippen LogP contribution in [0.4, 0.5) is 10.7 Å². The van der Waals surface area contributed by atoms with E-state index in [1.165, 1.54) is 28.1 Å². The molecule has 0 saturated heterocycles. The summed E-state index contributed by atoms with van der Waals surface area (Å²) < 4.78 is 5.24. The highest BCUT2D eigenvalue weighted by Gasteiger charge is 2.27. The van der Waals surface area contributed by atoms with Crippen LogP contribution in [0.3, 0.4) is 0 Å². The highest BCUT2D eigenvalue weighted by molar-refractivity contribution is 8.14. The molecule has 170 valence electrons. The number of carbonyl (C=O) groups is 2. The zero-order valence-corrected chi connectivity index (χ0v) is 19.6. The van der Waals surface area contributed by atoms with Crippen LogP contribution in [0.1, 0.15) is 47.0 Å². The van der Waals surface area contributed by atoms with Gasteiger partial charge in [0.05, 0.1) is 17.9 Å². The van der Waals surface area contributed by atoms with E-state index in [1.807, 2.05) is 30.3 Å². The Balaban J connectivity index is 1.63. The van der Waals surface area contributed by atoms with Crippen molar-refractivity contribution in [1.29, 1.82) is 0 Å². The Morgan fingerprint density at radius 1 is 1.28 bits per heavy atom. The van der Waals surface area contributed by atoms with Gasteiger partial charge in [-0.25, -0.2) is 10.6 Å². The Labute approximate surface area is 195 Å². The standard InChI is InChI=1S/C22H27N5O3S2/c1-3-30-21(29)19-16-11-7-8-12-17(16)32-20(19)25-18(28)13-14-31-22(26-24-2)27(23)15-9-5-4-6-10-15/h4-6,9-10H,2-3,7-8,11-14,23H2,1H3,(H,25,28)/b26-22+. The van der Waals surface area contributed by atoms with Gasteiger partial charge in [-0.15, -0.1) is 16.4 Å². The molecule has 0 bridgehead atoms. The van der Waals surface area contributed by atoms with Crippen molar-refractivity contribution in [2.24, 2.45) is 16.0 Å². The number of nitrogens with two attached hydrogens (primary N) is 1. The third-order valence-corrected chi connectivity index (χ3v) is 7.01. The first-order valence-corrected chi connectivity index (χ1v) is 12.2. The number of thioether (sulfide) groups is 1. The highest BCUT2D eigenvalue weighted by atomic mass is 32.2. The average Bonchev–Trinajstić information content (AvgIpc) is 3.16. The molecule has 3 N–H and O–H groups in total. The number of amidine groups is 1. The van der Waals surface area contributed by atoms with Crippen molar-refractivity contribution < 1.29 is 14.3 Å². The quantitative estimate of drug-likeness (QED) is 0.195. The average molecular weight is 474 g/mol. The second-order valence-corrected chi connectivity index (χ2v) is 9.18. The van der Waals surface area contributed by atoms with E-state index in [9.17, 15) is 9.59 Å². The maximum atomic E-state index is 12.6. The Bertz CT molecular complexity index is 991. The van der Waals surface area contributed by atoms with Crippen molar-refractivity contribution in [3.8, 4) is 0 Å². The normalized spacial score (nSPS) is 13.2. The fraction of sp³-hybridized carbons (Fsp3) is 0.364. The predicted octanol–water partition coefficient (Wildman–Crippen LogP) is 4.22. The van der Waals surface area contributed by atoms with Crippen molar-refractivity contribution in [2.75, 3.05) is 22.7 Å². The fourth-order valence-corrected chi connectivity index (χ4v) is 5.53. The lowest BCUT2D eigenvalue weighted by Gasteiger charge is -2.19. The van der Waals surface area contributed by atoms with Crippen LogP contribution in [-0.2, 0) is 22.4 Å². The molecule has 1 heterocycles. The molecule has 3 rings (SSSR count). The number of fused-ring (bicyclic) bond motifs is 1. The number of thiophene rings is 1. The first kappa shape index (κ1) is 24.0. The van der Waals surface area contributed by atoms with Gasteiger partial charge in [0, 0.05) is 23.8 Å². The van der Waals surface area contributed by atoms with Gasteiger partial charge in [-0.1, -0.05) is 30.0 Å². The van der Waals surface area contributed by atoms with Crippen LogP contribution >= 0.6 is 23.1 Å². The Morgan fingerprint density at radius 3 is 2.75 bits per heavy atom. The van der Waals surface area contributed by atoms with Crippen molar-refractivity contribution in [3.63, 3.8) is 0 Å². The van der Waals surface area contributed by atoms with Gasteiger partial charge in [0.1, 0.15) is 5.00 Å². The molecule has 0 fully saturated rings. The molecule has 32 heavy (non-hydrogen) atoms. The maximum absolute atomic E-state index is 12.6. The molecular weight excluding hydrogens is 446 g/mol. The summed E-state index contributed by atoms with van der Waals surface area (Å²) in [6.07, 6.45) is 4.12. The number of hydrogen-bond donors (Lipinski definition) is 2. The van der Waals surface area contributed by atoms with Crippen molar-refractivity contribution in [1.82, 2.24) is 0 Å². The molecule has 0 unspecified atom stereocenters. The molecule has 0 aliphatic heterocycles. The lowest BCUT2D eigenvalue weighted by atomic mass is 9.95. The number of hydrogen-bond acceptors (Lipinski definition) is 8. The summed E-state index contributed by atoms with van der Waals surface area (Å²) >= 11 is 2.78. The monoisotopic (exact) mass is 473 g/mol. The van der Waals surface area contributed by atoms with E-state index in [1.54, 1.807) is 6.92 Å². The highest BCUT2D eigenvalue weighted by Crippen LogP contribution is 2.38. The molecule has 0 radical (unpaired) electrons. The number of hydrazine groups is 1. The molecule has 2 aromatic rings. The van der Waals surface area contributed by atoms with Crippen LogP contribution in [0.5, 0.6) is 0 Å². The molecule has 0 atom stereocenters. The minimum absolute atomic E-state index is 0.184. The van der Waals surface area contributed by atoms with Crippen LogP contribution in [0.2, 0.25) is 0 Å². The van der Waals surface area contributed by atoms with Crippen LogP contribution in [0, 0.1) is 0 Å². The first-order valence-electron chi connectivity index (χ1n) is 10.4. The summed E-state index contributed by atoms with van der Waals surface area (Å²) in [5.74, 6) is 6.02. The topological polar surface area (TPSA) is 109 Å². The number of rotatable bonds is 8. The zero-order chi connectivity index (χ0) is 22.9. The van der Waals surface area contributed by atoms with E-state index in [0.717, 1.165) is 41.8 Å². The summed E-state index contributed by atoms with van der Waals surface area (Å²) in [5.41, 5.74) is 2.29. The summed E-state index contributed by atoms with van der Waals surface area (Å²) in [6.45, 7) is 5.47. The number of nitrogens with one attached hydrogen (secondary N) is 1. The number of ether oxygens (including phenoxy) is 1. The van der Waals surface area contributed by atoms with E-state index in [4.69, 9.17) is 10.6 Å². The van der Waals surface area contributed by atoms with Gasteiger partial charge in [0.25, 0.3) is 0 Å². The van der Waals surface area contributed by atoms with Crippen LogP contribution in [0.25, 0.3) is 0 Å². The molecule has 1 aliphatic rings. The number of para-hydroxylation sites is 1.